The first-order valence-electron chi connectivity index (χ1n) is 10.0. The van der Waals surface area contributed by atoms with E-state index in [0.29, 0.717) is 32.5 Å². The molecule has 0 spiro atoms. The average molecular weight is 474 g/mol. The van der Waals surface area contributed by atoms with Crippen molar-refractivity contribution in [3.63, 3.8) is 0 Å². The van der Waals surface area contributed by atoms with Crippen LogP contribution in [0.4, 0.5) is 10.8 Å². The van der Waals surface area contributed by atoms with Crippen molar-refractivity contribution in [1.82, 2.24) is 4.98 Å². The van der Waals surface area contributed by atoms with Crippen molar-refractivity contribution in [1.29, 1.82) is 0 Å². The van der Waals surface area contributed by atoms with Gasteiger partial charge in [-0.1, -0.05) is 35.9 Å². The van der Waals surface area contributed by atoms with E-state index in [2.05, 4.69) is 10.3 Å². The van der Waals surface area contributed by atoms with Crippen LogP contribution in [0.15, 0.2) is 72.8 Å². The number of thiazole rings is 1. The highest BCUT2D eigenvalue weighted by atomic mass is 35.5. The molecule has 0 bridgehead atoms. The number of nitrogens with zero attached hydrogens (tertiary/aromatic N) is 2. The fourth-order valence-corrected chi connectivity index (χ4v) is 4.73. The van der Waals surface area contributed by atoms with Crippen molar-refractivity contribution in [2.45, 2.75) is 6.92 Å². The fraction of sp³-hybridized carbons (Fsp3) is 0.0400. The molecule has 0 unspecified atom stereocenters. The van der Waals surface area contributed by atoms with Gasteiger partial charge in [0.1, 0.15) is 0 Å². The Morgan fingerprint density at radius 1 is 0.939 bits per heavy atom. The largest absolute Gasteiger partial charge is 0.298 e. The van der Waals surface area contributed by atoms with Crippen molar-refractivity contribution < 1.29 is 14.4 Å². The van der Waals surface area contributed by atoms with Crippen LogP contribution >= 0.6 is 22.9 Å². The van der Waals surface area contributed by atoms with Crippen molar-refractivity contribution in [3.8, 4) is 11.3 Å². The number of imide groups is 1. The molecule has 2 heterocycles. The van der Waals surface area contributed by atoms with Gasteiger partial charge in [-0.05, 0) is 55.5 Å². The number of carbonyl (C=O) groups excluding carboxylic acids is 3. The predicted octanol–water partition coefficient (Wildman–Crippen LogP) is 5.82. The highest BCUT2D eigenvalue weighted by Gasteiger charge is 2.36. The fourth-order valence-electron chi connectivity index (χ4n) is 3.71. The molecule has 5 rings (SSSR count). The molecule has 0 radical (unpaired) electrons. The number of fused-ring (bicyclic) bond motifs is 1. The van der Waals surface area contributed by atoms with Gasteiger partial charge >= 0.3 is 0 Å². The Kier molecular flexibility index (Phi) is 5.28. The summed E-state index contributed by atoms with van der Waals surface area (Å²) < 4.78 is 0. The molecular weight excluding hydrogens is 458 g/mol. The van der Waals surface area contributed by atoms with Crippen LogP contribution in [0.1, 0.15) is 36.0 Å². The van der Waals surface area contributed by atoms with Crippen LogP contribution < -0.4 is 10.2 Å². The monoisotopic (exact) mass is 473 g/mol. The minimum Gasteiger partial charge on any atom is -0.298 e. The van der Waals surface area contributed by atoms with Gasteiger partial charge in [0.05, 0.1) is 22.5 Å². The normalized spacial score (nSPS) is 12.7. The van der Waals surface area contributed by atoms with Gasteiger partial charge in [0.15, 0.2) is 5.13 Å². The third kappa shape index (κ3) is 3.82. The molecule has 0 aliphatic carbocycles. The number of benzene rings is 3. The summed E-state index contributed by atoms with van der Waals surface area (Å²) in [5, 5.41) is 3.90. The number of nitrogens with one attached hydrogen (secondary N) is 1. The Morgan fingerprint density at radius 2 is 1.61 bits per heavy atom. The average Bonchev–Trinajstić information content (AvgIpc) is 3.30. The third-order valence-corrected chi connectivity index (χ3v) is 6.42. The first kappa shape index (κ1) is 21.1. The Bertz CT molecular complexity index is 1390. The summed E-state index contributed by atoms with van der Waals surface area (Å²) in [6.07, 6.45) is 0. The maximum atomic E-state index is 12.8. The summed E-state index contributed by atoms with van der Waals surface area (Å²) in [7, 11) is 0. The molecule has 0 atom stereocenters. The number of halogens is 1. The van der Waals surface area contributed by atoms with E-state index < -0.39 is 0 Å². The standard InChI is InChI=1S/C25H16ClN3O3S/c1-14-21(16-5-4-6-17(26)13-16)27-25(33-14)28-22(30)15-9-11-18(12-10-15)29-23(31)19-7-2-3-8-20(19)24(29)32/h2-13H,1H3,(H,27,28,30). The van der Waals surface area contributed by atoms with E-state index >= 15 is 0 Å². The third-order valence-electron chi connectivity index (χ3n) is 5.30. The lowest BCUT2D eigenvalue weighted by atomic mass is 10.1. The SMILES string of the molecule is Cc1sc(NC(=O)c2ccc(N3C(=O)c4ccccc4C3=O)cc2)nc1-c1cccc(Cl)c1. The summed E-state index contributed by atoms with van der Waals surface area (Å²) in [6.45, 7) is 1.93. The van der Waals surface area contributed by atoms with Crippen molar-refractivity contribution in [3.05, 3.63) is 99.4 Å². The second kappa shape index (κ2) is 8.27. The lowest BCUT2D eigenvalue weighted by molar-refractivity contribution is 0.0925. The smallest absolute Gasteiger partial charge is 0.266 e. The predicted molar refractivity (Wildman–Crippen MR) is 129 cm³/mol. The van der Waals surface area contributed by atoms with E-state index in [1.165, 1.54) is 11.3 Å². The molecule has 33 heavy (non-hydrogen) atoms. The summed E-state index contributed by atoms with van der Waals surface area (Å²) in [5.41, 5.74) is 3.18. The molecular formula is C25H16ClN3O3S. The first-order chi connectivity index (χ1) is 15.9. The highest BCUT2D eigenvalue weighted by Crippen LogP contribution is 2.32. The van der Waals surface area contributed by atoms with E-state index in [9.17, 15) is 14.4 Å². The van der Waals surface area contributed by atoms with Crippen LogP contribution in [0.25, 0.3) is 11.3 Å². The zero-order chi connectivity index (χ0) is 23.1. The summed E-state index contributed by atoms with van der Waals surface area (Å²) in [5.74, 6) is -1.09. The minimum absolute atomic E-state index is 0.338. The van der Waals surface area contributed by atoms with Crippen molar-refractivity contribution in [2.75, 3.05) is 10.2 Å². The topological polar surface area (TPSA) is 79.4 Å². The highest BCUT2D eigenvalue weighted by molar-refractivity contribution is 7.16. The number of rotatable bonds is 4. The number of carbonyl (C=O) groups is 3. The van der Waals surface area contributed by atoms with Crippen LogP contribution in [0.2, 0.25) is 5.02 Å². The quantitative estimate of drug-likeness (QED) is 0.378. The number of aromatic nitrogens is 1. The lowest BCUT2D eigenvalue weighted by Gasteiger charge is -2.14. The summed E-state index contributed by atoms with van der Waals surface area (Å²) >= 11 is 7.45. The molecule has 1 aliphatic heterocycles. The number of anilines is 2. The molecule has 3 aromatic carbocycles. The first-order valence-corrected chi connectivity index (χ1v) is 11.2. The number of hydrogen-bond acceptors (Lipinski definition) is 5. The van der Waals surface area contributed by atoms with Crippen LogP contribution in [0.5, 0.6) is 0 Å². The second-order valence-corrected chi connectivity index (χ2v) is 9.07. The maximum absolute atomic E-state index is 12.8. The molecule has 4 aromatic rings. The van der Waals surface area contributed by atoms with Crippen molar-refractivity contribution >= 4 is 51.5 Å². The summed E-state index contributed by atoms with van der Waals surface area (Å²) in [6, 6.07) is 20.4. The van der Waals surface area contributed by atoms with Gasteiger partial charge in [-0.2, -0.15) is 0 Å². The molecule has 3 amide bonds. The second-order valence-electron chi connectivity index (χ2n) is 7.43. The van der Waals surface area contributed by atoms with E-state index in [0.717, 1.165) is 21.0 Å². The number of hydrogen-bond donors (Lipinski definition) is 1. The zero-order valence-corrected chi connectivity index (χ0v) is 18.9. The van der Waals surface area contributed by atoms with Crippen molar-refractivity contribution in [2.24, 2.45) is 0 Å². The Balaban J connectivity index is 1.34. The molecule has 1 aromatic heterocycles. The van der Waals surface area contributed by atoms with E-state index in [1.807, 2.05) is 25.1 Å². The molecule has 0 saturated heterocycles. The van der Waals surface area contributed by atoms with Gasteiger partial charge < -0.3 is 0 Å². The van der Waals surface area contributed by atoms with Gasteiger partial charge in [-0.15, -0.1) is 11.3 Å². The lowest BCUT2D eigenvalue weighted by Crippen LogP contribution is -2.29. The Labute approximate surface area is 198 Å². The molecule has 0 saturated carbocycles. The zero-order valence-electron chi connectivity index (χ0n) is 17.3. The van der Waals surface area contributed by atoms with Gasteiger partial charge in [0.2, 0.25) is 0 Å². The maximum Gasteiger partial charge on any atom is 0.266 e. The van der Waals surface area contributed by atoms with Gasteiger partial charge in [0.25, 0.3) is 17.7 Å². The molecule has 1 N–H and O–H groups in total. The molecule has 0 fully saturated rings. The number of amides is 3. The Morgan fingerprint density at radius 3 is 2.24 bits per heavy atom. The van der Waals surface area contributed by atoms with Crippen LogP contribution in [-0.2, 0) is 0 Å². The Hall–Kier alpha value is -3.81. The van der Waals surface area contributed by atoms with Gasteiger partial charge in [0, 0.05) is 21.0 Å². The number of aryl methyl sites for hydroxylation is 1. The molecule has 1 aliphatic rings. The van der Waals surface area contributed by atoms with Gasteiger partial charge in [-0.25, -0.2) is 9.88 Å². The molecule has 6 nitrogen and oxygen atoms in total. The molecule has 162 valence electrons. The van der Waals surface area contributed by atoms with E-state index in [1.54, 1.807) is 54.6 Å². The van der Waals surface area contributed by atoms with Crippen LogP contribution in [0.3, 0.4) is 0 Å². The van der Waals surface area contributed by atoms with Gasteiger partial charge in [-0.3, -0.25) is 19.7 Å². The molecule has 8 heteroatoms. The summed E-state index contributed by atoms with van der Waals surface area (Å²) in [4.78, 5) is 44.7. The minimum atomic E-state index is -0.375. The van der Waals surface area contributed by atoms with Crippen LogP contribution in [-0.4, -0.2) is 22.7 Å². The van der Waals surface area contributed by atoms with E-state index in [-0.39, 0.29) is 17.7 Å². The van der Waals surface area contributed by atoms with Crippen LogP contribution in [0, 0.1) is 6.92 Å². The van der Waals surface area contributed by atoms with E-state index in [4.69, 9.17) is 11.6 Å².